The topological polar surface area (TPSA) is 29.1 Å². The van der Waals surface area contributed by atoms with Crippen molar-refractivity contribution in [2.24, 2.45) is 0 Å². The van der Waals surface area contributed by atoms with Crippen LogP contribution < -0.4 is 5.32 Å². The number of hydrogen-bond acceptors (Lipinski definition) is 2. The first-order valence-electron chi connectivity index (χ1n) is 5.22. The van der Waals surface area contributed by atoms with Crippen molar-refractivity contribution < 1.29 is 4.79 Å². The molecule has 0 unspecified atom stereocenters. The highest BCUT2D eigenvalue weighted by Crippen LogP contribution is 2.20. The molecule has 1 saturated carbocycles. The number of carbonyl (C=O) groups is 1. The summed E-state index contributed by atoms with van der Waals surface area (Å²) in [6.45, 7) is 1.90. The van der Waals surface area contributed by atoms with Gasteiger partial charge in [0.25, 0.3) is 0 Å². The minimum Gasteiger partial charge on any atom is -0.305 e. The molecule has 0 bridgehead atoms. The van der Waals surface area contributed by atoms with Crippen LogP contribution in [0.15, 0.2) is 24.3 Å². The third-order valence-corrected chi connectivity index (χ3v) is 2.80. The summed E-state index contributed by atoms with van der Waals surface area (Å²) >= 11 is 5.84. The van der Waals surface area contributed by atoms with E-state index in [1.165, 1.54) is 12.8 Å². The van der Waals surface area contributed by atoms with Gasteiger partial charge in [-0.2, -0.15) is 0 Å². The average Bonchev–Trinajstić information content (AvgIpc) is 3.00. The van der Waals surface area contributed by atoms with E-state index in [2.05, 4.69) is 5.32 Å². The van der Waals surface area contributed by atoms with Gasteiger partial charge < -0.3 is 5.32 Å². The fourth-order valence-electron chi connectivity index (χ4n) is 1.57. The van der Waals surface area contributed by atoms with Gasteiger partial charge in [-0.1, -0.05) is 23.7 Å². The molecule has 80 valence electrons. The lowest BCUT2D eigenvalue weighted by atomic mass is 10.1. The van der Waals surface area contributed by atoms with Gasteiger partial charge >= 0.3 is 0 Å². The van der Waals surface area contributed by atoms with Crippen molar-refractivity contribution in [3.63, 3.8) is 0 Å². The second-order valence-electron chi connectivity index (χ2n) is 4.04. The number of rotatable bonds is 4. The zero-order valence-corrected chi connectivity index (χ0v) is 9.42. The zero-order chi connectivity index (χ0) is 10.8. The van der Waals surface area contributed by atoms with Crippen LogP contribution in [-0.2, 0) is 0 Å². The Labute approximate surface area is 94.6 Å². The Kier molecular flexibility index (Phi) is 3.08. The largest absolute Gasteiger partial charge is 0.305 e. The first kappa shape index (κ1) is 10.7. The molecule has 15 heavy (non-hydrogen) atoms. The zero-order valence-electron chi connectivity index (χ0n) is 8.66. The molecule has 3 heteroatoms. The number of nitrogens with one attached hydrogen (secondary N) is 1. The summed E-state index contributed by atoms with van der Waals surface area (Å²) in [6.07, 6.45) is 2.38. The van der Waals surface area contributed by atoms with Crippen LogP contribution in [0, 0.1) is 0 Å². The third kappa shape index (κ3) is 2.80. The number of ketones is 1. The molecule has 0 radical (unpaired) electrons. The molecule has 0 saturated heterocycles. The van der Waals surface area contributed by atoms with E-state index in [1.807, 2.05) is 6.92 Å². The van der Waals surface area contributed by atoms with Crippen molar-refractivity contribution in [2.75, 3.05) is 0 Å². The Hall–Kier alpha value is -0.860. The first-order chi connectivity index (χ1) is 7.16. The van der Waals surface area contributed by atoms with Crippen LogP contribution in [0.25, 0.3) is 0 Å². The fourth-order valence-corrected chi connectivity index (χ4v) is 1.76. The predicted octanol–water partition coefficient (Wildman–Crippen LogP) is 2.66. The lowest BCUT2D eigenvalue weighted by Crippen LogP contribution is -2.35. The fraction of sp³-hybridized carbons (Fsp3) is 0.417. The Balaban J connectivity index is 2.05. The summed E-state index contributed by atoms with van der Waals surface area (Å²) < 4.78 is 0. The molecule has 0 amide bonds. The minimum absolute atomic E-state index is 0.115. The van der Waals surface area contributed by atoms with E-state index in [0.717, 1.165) is 0 Å². The van der Waals surface area contributed by atoms with Gasteiger partial charge in [-0.05, 0) is 31.9 Å². The summed E-state index contributed by atoms with van der Waals surface area (Å²) in [4.78, 5) is 11.9. The summed E-state index contributed by atoms with van der Waals surface area (Å²) in [7, 11) is 0. The Morgan fingerprint density at radius 1 is 1.53 bits per heavy atom. The molecule has 1 aliphatic rings. The quantitative estimate of drug-likeness (QED) is 0.796. The standard InChI is InChI=1S/C12H14ClNO/c1-8(14-11-5-6-11)12(15)9-3-2-4-10(13)7-9/h2-4,7-8,11,14H,5-6H2,1H3/t8-/m0/s1. The van der Waals surface area contributed by atoms with E-state index in [1.54, 1.807) is 24.3 Å². The van der Waals surface area contributed by atoms with Crippen LogP contribution in [0.4, 0.5) is 0 Å². The molecule has 0 heterocycles. The maximum absolute atomic E-state index is 11.9. The van der Waals surface area contributed by atoms with Gasteiger partial charge in [0.2, 0.25) is 0 Å². The van der Waals surface area contributed by atoms with Gasteiger partial charge in [-0.3, -0.25) is 4.79 Å². The van der Waals surface area contributed by atoms with Crippen molar-refractivity contribution in [3.8, 4) is 0 Å². The maximum atomic E-state index is 11.9. The molecule has 0 aliphatic heterocycles. The van der Waals surface area contributed by atoms with Crippen molar-refractivity contribution in [3.05, 3.63) is 34.9 Å². The van der Waals surface area contributed by atoms with Crippen molar-refractivity contribution in [2.45, 2.75) is 31.8 Å². The lowest BCUT2D eigenvalue weighted by Gasteiger charge is -2.11. The van der Waals surface area contributed by atoms with Gasteiger partial charge in [-0.25, -0.2) is 0 Å². The third-order valence-electron chi connectivity index (χ3n) is 2.57. The first-order valence-corrected chi connectivity index (χ1v) is 5.60. The molecular formula is C12H14ClNO. The molecule has 2 rings (SSSR count). The maximum Gasteiger partial charge on any atom is 0.179 e. The number of benzene rings is 1. The molecule has 1 atom stereocenters. The monoisotopic (exact) mass is 223 g/mol. The molecule has 1 N–H and O–H groups in total. The highest BCUT2D eigenvalue weighted by atomic mass is 35.5. The molecule has 2 nitrogen and oxygen atoms in total. The van der Waals surface area contributed by atoms with E-state index in [0.29, 0.717) is 16.6 Å². The van der Waals surface area contributed by atoms with Crippen LogP contribution in [0.3, 0.4) is 0 Å². The van der Waals surface area contributed by atoms with Crippen LogP contribution in [0.2, 0.25) is 5.02 Å². The smallest absolute Gasteiger partial charge is 0.179 e. The van der Waals surface area contributed by atoms with Gasteiger partial charge in [0.05, 0.1) is 6.04 Å². The van der Waals surface area contributed by atoms with E-state index in [4.69, 9.17) is 11.6 Å². The summed E-state index contributed by atoms with van der Waals surface area (Å²) in [5.74, 6) is 0.115. The molecule has 0 aromatic heterocycles. The Bertz CT molecular complexity index is 374. The number of hydrogen-bond donors (Lipinski definition) is 1. The summed E-state index contributed by atoms with van der Waals surface area (Å²) in [5.41, 5.74) is 0.683. The summed E-state index contributed by atoms with van der Waals surface area (Å²) in [5, 5.41) is 3.89. The van der Waals surface area contributed by atoms with Gasteiger partial charge in [0.1, 0.15) is 0 Å². The van der Waals surface area contributed by atoms with Crippen LogP contribution in [0.1, 0.15) is 30.1 Å². The highest BCUT2D eigenvalue weighted by Gasteiger charge is 2.26. The Morgan fingerprint density at radius 3 is 2.87 bits per heavy atom. The number of Topliss-reactive ketones (excluding diaryl/α,β-unsaturated/α-hetero) is 1. The summed E-state index contributed by atoms with van der Waals surface area (Å²) in [6, 6.07) is 7.53. The van der Waals surface area contributed by atoms with E-state index < -0.39 is 0 Å². The molecular weight excluding hydrogens is 210 g/mol. The lowest BCUT2D eigenvalue weighted by molar-refractivity contribution is 0.0950. The highest BCUT2D eigenvalue weighted by molar-refractivity contribution is 6.31. The van der Waals surface area contributed by atoms with Crippen LogP contribution in [-0.4, -0.2) is 17.9 Å². The van der Waals surface area contributed by atoms with Crippen LogP contribution >= 0.6 is 11.6 Å². The van der Waals surface area contributed by atoms with Gasteiger partial charge in [0.15, 0.2) is 5.78 Å². The minimum atomic E-state index is -0.115. The molecule has 1 aromatic carbocycles. The molecule has 1 aromatic rings. The second-order valence-corrected chi connectivity index (χ2v) is 4.47. The van der Waals surface area contributed by atoms with Crippen LogP contribution in [0.5, 0.6) is 0 Å². The SMILES string of the molecule is C[C@H](NC1CC1)C(=O)c1cccc(Cl)c1. The normalized spacial score (nSPS) is 17.5. The van der Waals surface area contributed by atoms with Crippen molar-refractivity contribution >= 4 is 17.4 Å². The predicted molar refractivity (Wildman–Crippen MR) is 61.4 cm³/mol. The van der Waals surface area contributed by atoms with Gasteiger partial charge in [0, 0.05) is 16.6 Å². The van der Waals surface area contributed by atoms with E-state index >= 15 is 0 Å². The molecule has 1 aliphatic carbocycles. The Morgan fingerprint density at radius 2 is 2.27 bits per heavy atom. The number of halogens is 1. The van der Waals surface area contributed by atoms with Crippen molar-refractivity contribution in [1.82, 2.24) is 5.32 Å². The van der Waals surface area contributed by atoms with E-state index in [-0.39, 0.29) is 11.8 Å². The molecule has 1 fully saturated rings. The second kappa shape index (κ2) is 4.33. The number of carbonyl (C=O) groups excluding carboxylic acids is 1. The molecule has 0 spiro atoms. The van der Waals surface area contributed by atoms with E-state index in [9.17, 15) is 4.79 Å². The average molecular weight is 224 g/mol. The van der Waals surface area contributed by atoms with Gasteiger partial charge in [-0.15, -0.1) is 0 Å². The van der Waals surface area contributed by atoms with Crippen molar-refractivity contribution in [1.29, 1.82) is 0 Å².